The van der Waals surface area contributed by atoms with Gasteiger partial charge in [0.05, 0.1) is 0 Å². The van der Waals surface area contributed by atoms with Gasteiger partial charge in [0.15, 0.2) is 5.78 Å². The van der Waals surface area contributed by atoms with Gasteiger partial charge >= 0.3 is 0 Å². The third kappa shape index (κ3) is 0.813. The maximum absolute atomic E-state index is 12.0. The summed E-state index contributed by atoms with van der Waals surface area (Å²) < 4.78 is 0. The van der Waals surface area contributed by atoms with Crippen LogP contribution in [0, 0.1) is 16.7 Å². The summed E-state index contributed by atoms with van der Waals surface area (Å²) in [7, 11) is 0. The molecule has 0 aromatic rings. The van der Waals surface area contributed by atoms with Gasteiger partial charge in [-0.3, -0.25) is 4.79 Å². The van der Waals surface area contributed by atoms with Gasteiger partial charge in [-0.2, -0.15) is 4.99 Å². The molecule has 76 valence electrons. The Balaban J connectivity index is 2.49. The zero-order chi connectivity index (χ0) is 10.6. The third-order valence-electron chi connectivity index (χ3n) is 4.69. The molecule has 2 saturated carbocycles. The highest BCUT2D eigenvalue weighted by Gasteiger charge is 2.66. The van der Waals surface area contributed by atoms with Gasteiger partial charge in [-0.05, 0) is 24.2 Å². The fourth-order valence-electron chi connectivity index (χ4n) is 3.24. The van der Waals surface area contributed by atoms with Crippen LogP contribution in [-0.4, -0.2) is 17.9 Å². The van der Waals surface area contributed by atoms with E-state index in [0.717, 1.165) is 12.8 Å². The molecule has 3 heteroatoms. The van der Waals surface area contributed by atoms with Crippen molar-refractivity contribution in [1.29, 1.82) is 0 Å². The Morgan fingerprint density at radius 2 is 2.07 bits per heavy atom. The molecule has 2 aliphatic rings. The highest BCUT2D eigenvalue weighted by molar-refractivity contribution is 5.95. The molecule has 0 unspecified atom stereocenters. The monoisotopic (exact) mass is 193 g/mol. The largest absolute Gasteiger partial charge is 0.297 e. The smallest absolute Gasteiger partial charge is 0.235 e. The molecule has 0 amide bonds. The van der Waals surface area contributed by atoms with Crippen LogP contribution in [0.4, 0.5) is 0 Å². The highest BCUT2D eigenvalue weighted by Crippen LogP contribution is 2.64. The first-order valence-electron chi connectivity index (χ1n) is 5.06. The molecular formula is C11H15NO2. The summed E-state index contributed by atoms with van der Waals surface area (Å²) in [5.41, 5.74) is -0.294. The van der Waals surface area contributed by atoms with E-state index < -0.39 is 6.04 Å². The van der Waals surface area contributed by atoms with Crippen molar-refractivity contribution >= 4 is 11.9 Å². The number of Topliss-reactive ketones (excluding diaryl/α,β-unsaturated/α-hetero) is 1. The number of carbonyl (C=O) groups excluding carboxylic acids is 2. The van der Waals surface area contributed by atoms with E-state index in [2.05, 4.69) is 18.8 Å². The molecule has 0 saturated heterocycles. The molecular weight excluding hydrogens is 178 g/mol. The average molecular weight is 193 g/mol. The number of rotatable bonds is 1. The number of hydrogen-bond acceptors (Lipinski definition) is 3. The molecule has 0 aromatic heterocycles. The van der Waals surface area contributed by atoms with E-state index >= 15 is 0 Å². The van der Waals surface area contributed by atoms with E-state index in [1.54, 1.807) is 0 Å². The lowest BCUT2D eigenvalue weighted by molar-refractivity contribution is -0.129. The van der Waals surface area contributed by atoms with Crippen LogP contribution in [0.15, 0.2) is 4.99 Å². The van der Waals surface area contributed by atoms with Gasteiger partial charge in [-0.25, -0.2) is 4.79 Å². The molecule has 3 atom stereocenters. The zero-order valence-electron chi connectivity index (χ0n) is 8.83. The van der Waals surface area contributed by atoms with Gasteiger partial charge in [-0.15, -0.1) is 0 Å². The predicted octanol–water partition coefficient (Wildman–Crippen LogP) is 1.72. The Morgan fingerprint density at radius 1 is 1.43 bits per heavy atom. The lowest BCUT2D eigenvalue weighted by atomic mass is 9.70. The van der Waals surface area contributed by atoms with E-state index in [0.29, 0.717) is 0 Å². The van der Waals surface area contributed by atoms with Crippen molar-refractivity contribution in [2.24, 2.45) is 21.7 Å². The quantitative estimate of drug-likeness (QED) is 0.470. The zero-order valence-corrected chi connectivity index (χ0v) is 8.83. The van der Waals surface area contributed by atoms with E-state index in [1.165, 1.54) is 6.08 Å². The molecule has 0 spiro atoms. The van der Waals surface area contributed by atoms with E-state index in [9.17, 15) is 9.59 Å². The molecule has 14 heavy (non-hydrogen) atoms. The van der Waals surface area contributed by atoms with Crippen LogP contribution < -0.4 is 0 Å². The molecule has 2 bridgehead atoms. The van der Waals surface area contributed by atoms with Crippen molar-refractivity contribution in [1.82, 2.24) is 0 Å². The molecule has 0 aromatic carbocycles. The van der Waals surface area contributed by atoms with Crippen LogP contribution in [0.2, 0.25) is 0 Å². The summed E-state index contributed by atoms with van der Waals surface area (Å²) in [5.74, 6) is 0.378. The second-order valence-electron chi connectivity index (χ2n) is 5.23. The summed E-state index contributed by atoms with van der Waals surface area (Å²) in [6.07, 6.45) is 3.48. The molecule has 2 aliphatic carbocycles. The maximum Gasteiger partial charge on any atom is 0.235 e. The van der Waals surface area contributed by atoms with Crippen molar-refractivity contribution in [3.63, 3.8) is 0 Å². The number of isocyanates is 1. The summed E-state index contributed by atoms with van der Waals surface area (Å²) in [6, 6.07) is -0.416. The highest BCUT2D eigenvalue weighted by atomic mass is 16.1. The van der Waals surface area contributed by atoms with Crippen LogP contribution >= 0.6 is 0 Å². The molecule has 2 fully saturated rings. The predicted molar refractivity (Wildman–Crippen MR) is 51.5 cm³/mol. The molecule has 0 heterocycles. The average Bonchev–Trinajstić information content (AvgIpc) is 2.41. The van der Waals surface area contributed by atoms with Gasteiger partial charge in [-0.1, -0.05) is 20.8 Å². The lowest BCUT2D eigenvalue weighted by Gasteiger charge is -2.31. The van der Waals surface area contributed by atoms with Crippen LogP contribution in [-0.2, 0) is 9.59 Å². The Labute approximate surface area is 83.6 Å². The van der Waals surface area contributed by atoms with Crippen molar-refractivity contribution in [2.45, 2.75) is 39.7 Å². The van der Waals surface area contributed by atoms with Crippen molar-refractivity contribution in [2.75, 3.05) is 0 Å². The maximum atomic E-state index is 12.0. The number of hydrogen-bond donors (Lipinski definition) is 0. The molecule has 0 radical (unpaired) electrons. The summed E-state index contributed by atoms with van der Waals surface area (Å²) >= 11 is 0. The van der Waals surface area contributed by atoms with Crippen molar-refractivity contribution in [3.8, 4) is 0 Å². The van der Waals surface area contributed by atoms with E-state index in [4.69, 9.17) is 0 Å². The summed E-state index contributed by atoms with van der Waals surface area (Å²) in [6.45, 7) is 6.24. The fraction of sp³-hybridized carbons (Fsp3) is 0.818. The van der Waals surface area contributed by atoms with Gasteiger partial charge in [0.1, 0.15) is 6.04 Å². The summed E-state index contributed by atoms with van der Waals surface area (Å²) in [4.78, 5) is 25.9. The van der Waals surface area contributed by atoms with Crippen LogP contribution in [0.25, 0.3) is 0 Å². The number of ketones is 1. The van der Waals surface area contributed by atoms with Crippen molar-refractivity contribution in [3.05, 3.63) is 0 Å². The van der Waals surface area contributed by atoms with Gasteiger partial charge < -0.3 is 0 Å². The molecule has 0 aliphatic heterocycles. The Morgan fingerprint density at radius 3 is 2.50 bits per heavy atom. The Bertz CT molecular complexity index is 341. The van der Waals surface area contributed by atoms with E-state index in [-0.39, 0.29) is 22.5 Å². The first-order chi connectivity index (χ1) is 6.45. The first kappa shape index (κ1) is 9.60. The molecule has 3 nitrogen and oxygen atoms in total. The van der Waals surface area contributed by atoms with Gasteiger partial charge in [0, 0.05) is 5.41 Å². The topological polar surface area (TPSA) is 46.5 Å². The Kier molecular flexibility index (Phi) is 1.74. The second kappa shape index (κ2) is 2.54. The Hall–Kier alpha value is -0.950. The molecule has 0 N–H and O–H groups in total. The minimum absolute atomic E-state index is 0.0187. The lowest BCUT2D eigenvalue weighted by Crippen LogP contribution is -2.34. The minimum atomic E-state index is -0.416. The standard InChI is InChI=1S/C11H15NO2/c1-10(2)7-4-5-11(10,3)9(14)8(7)12-6-13/h7-8H,4-5H2,1-3H3/t7-,8+,11+/m0/s1. The van der Waals surface area contributed by atoms with Crippen LogP contribution in [0.1, 0.15) is 33.6 Å². The third-order valence-corrected chi connectivity index (χ3v) is 4.69. The number of carbonyl (C=O) groups is 1. The van der Waals surface area contributed by atoms with Crippen LogP contribution in [0.5, 0.6) is 0 Å². The summed E-state index contributed by atoms with van der Waals surface area (Å²) in [5, 5.41) is 0. The number of nitrogens with zero attached hydrogens (tertiary/aromatic N) is 1. The van der Waals surface area contributed by atoms with Crippen molar-refractivity contribution < 1.29 is 9.59 Å². The number of aliphatic imine (C=N–C) groups is 1. The SMILES string of the molecule is CC1(C)[C@H]2CC[C@]1(C)C(=O)[C@@H]2N=C=O. The first-order valence-corrected chi connectivity index (χ1v) is 5.06. The fourth-order valence-corrected chi connectivity index (χ4v) is 3.24. The normalized spacial score (nSPS) is 43.8. The van der Waals surface area contributed by atoms with E-state index in [1.807, 2.05) is 6.92 Å². The second-order valence-corrected chi connectivity index (χ2v) is 5.23. The van der Waals surface area contributed by atoms with Crippen LogP contribution in [0.3, 0.4) is 0 Å². The molecule has 2 rings (SSSR count). The number of fused-ring (bicyclic) bond motifs is 2. The van der Waals surface area contributed by atoms with Gasteiger partial charge in [0.25, 0.3) is 0 Å². The van der Waals surface area contributed by atoms with Gasteiger partial charge in [0.2, 0.25) is 6.08 Å². The minimum Gasteiger partial charge on any atom is -0.297 e.